The molecule has 0 radical (unpaired) electrons. The summed E-state index contributed by atoms with van der Waals surface area (Å²) in [6.45, 7) is 0.926. The number of thiophene rings is 1. The van der Waals surface area contributed by atoms with E-state index in [2.05, 4.69) is 0 Å². The monoisotopic (exact) mass is 293 g/mol. The van der Waals surface area contributed by atoms with Crippen molar-refractivity contribution in [3.63, 3.8) is 0 Å². The second kappa shape index (κ2) is 7.53. The Morgan fingerprint density at radius 3 is 2.68 bits per heavy atom. The van der Waals surface area contributed by atoms with Crippen LogP contribution >= 0.6 is 11.3 Å². The van der Waals surface area contributed by atoms with Gasteiger partial charge in [0, 0.05) is 13.0 Å². The minimum Gasteiger partial charge on any atom is -0.334 e. The maximum Gasteiger partial charge on any atom is 0.406 e. The van der Waals surface area contributed by atoms with Crippen molar-refractivity contribution in [1.29, 1.82) is 0 Å². The van der Waals surface area contributed by atoms with Gasteiger partial charge in [-0.2, -0.15) is 24.5 Å². The molecular weight excluding hydrogens is 275 g/mol. The molecule has 0 aliphatic rings. The Morgan fingerprint density at radius 2 is 2.16 bits per heavy atom. The highest BCUT2D eigenvalue weighted by atomic mass is 32.1. The number of unbranched alkanes of at least 4 members (excludes halogenated alkanes) is 1. The van der Waals surface area contributed by atoms with Crippen LogP contribution in [0.5, 0.6) is 0 Å². The predicted molar refractivity (Wildman–Crippen MR) is 70.2 cm³/mol. The Hall–Kier alpha value is -1.04. The molecule has 108 valence electrons. The molecule has 0 saturated heterocycles. The third-order valence-corrected chi connectivity index (χ3v) is 3.44. The molecule has 0 aliphatic carbocycles. The third-order valence-electron chi connectivity index (χ3n) is 2.71. The zero-order valence-corrected chi connectivity index (χ0v) is 11.7. The van der Waals surface area contributed by atoms with Crippen LogP contribution in [0.1, 0.15) is 31.7 Å². The number of nitrogens with zero attached hydrogens (tertiary/aromatic N) is 1. The molecule has 1 amide bonds. The Balaban J connectivity index is 2.50. The van der Waals surface area contributed by atoms with Crippen LogP contribution in [0.15, 0.2) is 16.8 Å². The Bertz CT molecular complexity index is 376. The number of carbonyl (C=O) groups excluding carboxylic acids is 1. The van der Waals surface area contributed by atoms with Gasteiger partial charge in [-0.15, -0.1) is 0 Å². The molecule has 1 aromatic rings. The third kappa shape index (κ3) is 6.61. The largest absolute Gasteiger partial charge is 0.406 e. The van der Waals surface area contributed by atoms with Gasteiger partial charge < -0.3 is 4.90 Å². The van der Waals surface area contributed by atoms with Crippen molar-refractivity contribution in [3.05, 3.63) is 22.4 Å². The maximum absolute atomic E-state index is 12.4. The van der Waals surface area contributed by atoms with Gasteiger partial charge >= 0.3 is 6.18 Å². The molecule has 0 atom stereocenters. The highest BCUT2D eigenvalue weighted by molar-refractivity contribution is 7.07. The Labute approximate surface area is 115 Å². The number of alkyl halides is 3. The molecular formula is C13H18F3NOS. The Kier molecular flexibility index (Phi) is 6.34. The Morgan fingerprint density at radius 1 is 1.42 bits per heavy atom. The first kappa shape index (κ1) is 16.0. The number of carbonyl (C=O) groups is 1. The number of amides is 1. The van der Waals surface area contributed by atoms with E-state index in [1.807, 2.05) is 23.8 Å². The molecule has 1 aromatic heterocycles. The van der Waals surface area contributed by atoms with Crippen molar-refractivity contribution in [2.45, 2.75) is 38.8 Å². The van der Waals surface area contributed by atoms with Crippen LogP contribution in [0.25, 0.3) is 0 Å². The molecule has 0 N–H and O–H groups in total. The second-order valence-electron chi connectivity index (χ2n) is 4.42. The van der Waals surface area contributed by atoms with Gasteiger partial charge in [-0.3, -0.25) is 4.79 Å². The topological polar surface area (TPSA) is 20.3 Å². The van der Waals surface area contributed by atoms with Gasteiger partial charge in [-0.25, -0.2) is 0 Å². The molecule has 2 nitrogen and oxygen atoms in total. The van der Waals surface area contributed by atoms with Crippen molar-refractivity contribution in [3.8, 4) is 0 Å². The number of hydrogen-bond donors (Lipinski definition) is 0. The van der Waals surface area contributed by atoms with Gasteiger partial charge in [0.2, 0.25) is 5.91 Å². The van der Waals surface area contributed by atoms with Crippen LogP contribution in [-0.4, -0.2) is 30.1 Å². The van der Waals surface area contributed by atoms with E-state index in [1.165, 1.54) is 11.3 Å². The fourth-order valence-corrected chi connectivity index (χ4v) is 2.40. The van der Waals surface area contributed by atoms with Gasteiger partial charge in [-0.1, -0.05) is 13.3 Å². The van der Waals surface area contributed by atoms with Gasteiger partial charge in [0.15, 0.2) is 0 Å². The van der Waals surface area contributed by atoms with E-state index in [1.54, 1.807) is 0 Å². The molecule has 1 rings (SSSR count). The quantitative estimate of drug-likeness (QED) is 0.747. The highest BCUT2D eigenvalue weighted by Crippen LogP contribution is 2.18. The fraction of sp³-hybridized carbons (Fsp3) is 0.615. The minimum absolute atomic E-state index is 0.135. The van der Waals surface area contributed by atoms with E-state index in [4.69, 9.17) is 0 Å². The summed E-state index contributed by atoms with van der Waals surface area (Å²) in [6.07, 6.45) is -2.32. The van der Waals surface area contributed by atoms with Crippen molar-refractivity contribution >= 4 is 17.2 Å². The summed E-state index contributed by atoms with van der Waals surface area (Å²) in [6, 6.07) is 1.89. The molecule has 0 bridgehead atoms. The molecule has 0 saturated carbocycles. The predicted octanol–water partition coefficient (Wildman–Crippen LogP) is 3.87. The van der Waals surface area contributed by atoms with Crippen LogP contribution in [-0.2, 0) is 11.2 Å². The van der Waals surface area contributed by atoms with Crippen molar-refractivity contribution in [2.24, 2.45) is 0 Å². The summed E-state index contributed by atoms with van der Waals surface area (Å²) in [5.74, 6) is -0.419. The van der Waals surface area contributed by atoms with Gasteiger partial charge in [0.05, 0.1) is 0 Å². The van der Waals surface area contributed by atoms with Gasteiger partial charge in [0.25, 0.3) is 0 Å². The summed E-state index contributed by atoms with van der Waals surface area (Å²) >= 11 is 1.52. The van der Waals surface area contributed by atoms with E-state index >= 15 is 0 Å². The van der Waals surface area contributed by atoms with Crippen molar-refractivity contribution in [2.75, 3.05) is 13.1 Å². The van der Waals surface area contributed by atoms with E-state index in [-0.39, 0.29) is 13.0 Å². The van der Waals surface area contributed by atoms with Crippen LogP contribution in [0, 0.1) is 0 Å². The first-order chi connectivity index (χ1) is 8.92. The molecule has 0 spiro atoms. The number of hydrogen-bond acceptors (Lipinski definition) is 2. The van der Waals surface area contributed by atoms with Crippen LogP contribution in [0.2, 0.25) is 0 Å². The average molecular weight is 293 g/mol. The van der Waals surface area contributed by atoms with Gasteiger partial charge in [0.1, 0.15) is 6.54 Å². The van der Waals surface area contributed by atoms with Crippen molar-refractivity contribution < 1.29 is 18.0 Å². The zero-order chi connectivity index (χ0) is 14.3. The maximum atomic E-state index is 12.4. The van der Waals surface area contributed by atoms with E-state index < -0.39 is 18.6 Å². The van der Waals surface area contributed by atoms with Crippen LogP contribution < -0.4 is 0 Å². The standard InChI is InChI=1S/C13H18F3NOS/c1-2-3-7-17(10-13(14,15)16)12(18)5-4-11-6-8-19-9-11/h6,8-9H,2-5,7,10H2,1H3. The van der Waals surface area contributed by atoms with E-state index in [9.17, 15) is 18.0 Å². The molecule has 19 heavy (non-hydrogen) atoms. The number of halogens is 3. The average Bonchev–Trinajstić information content (AvgIpc) is 2.83. The summed E-state index contributed by atoms with van der Waals surface area (Å²) in [5.41, 5.74) is 1.00. The lowest BCUT2D eigenvalue weighted by atomic mass is 10.1. The smallest absolute Gasteiger partial charge is 0.334 e. The van der Waals surface area contributed by atoms with Crippen LogP contribution in [0.3, 0.4) is 0 Å². The summed E-state index contributed by atoms with van der Waals surface area (Å²) in [7, 11) is 0. The zero-order valence-electron chi connectivity index (χ0n) is 10.9. The van der Waals surface area contributed by atoms with Gasteiger partial charge in [-0.05, 0) is 35.2 Å². The van der Waals surface area contributed by atoms with Crippen LogP contribution in [0.4, 0.5) is 13.2 Å². The number of aryl methyl sites for hydroxylation is 1. The lowest BCUT2D eigenvalue weighted by Gasteiger charge is -2.23. The first-order valence-electron chi connectivity index (χ1n) is 6.28. The number of rotatable bonds is 7. The molecule has 0 aromatic carbocycles. The molecule has 0 fully saturated rings. The SMILES string of the molecule is CCCCN(CC(F)(F)F)C(=O)CCc1ccsc1. The van der Waals surface area contributed by atoms with E-state index in [0.29, 0.717) is 12.8 Å². The first-order valence-corrected chi connectivity index (χ1v) is 7.22. The summed E-state index contributed by atoms with van der Waals surface area (Å²) in [5, 5.41) is 3.80. The molecule has 6 heteroatoms. The lowest BCUT2D eigenvalue weighted by molar-refractivity contribution is -0.161. The van der Waals surface area contributed by atoms with Crippen molar-refractivity contribution in [1.82, 2.24) is 4.90 Å². The summed E-state index contributed by atoms with van der Waals surface area (Å²) in [4.78, 5) is 12.8. The highest BCUT2D eigenvalue weighted by Gasteiger charge is 2.32. The lowest BCUT2D eigenvalue weighted by Crippen LogP contribution is -2.39. The van der Waals surface area contributed by atoms with E-state index in [0.717, 1.165) is 16.9 Å². The summed E-state index contributed by atoms with van der Waals surface area (Å²) < 4.78 is 37.2. The second-order valence-corrected chi connectivity index (χ2v) is 5.20. The molecule has 0 aliphatic heterocycles. The minimum atomic E-state index is -4.33. The normalized spacial score (nSPS) is 11.6. The molecule has 1 heterocycles. The fourth-order valence-electron chi connectivity index (χ4n) is 1.70. The molecule has 0 unspecified atom stereocenters.